The van der Waals surface area contributed by atoms with E-state index < -0.39 is 0 Å². The molecular weight excluding hydrogens is 178 g/mol. The van der Waals surface area contributed by atoms with Crippen molar-refractivity contribution in [2.24, 2.45) is 0 Å². The molecule has 3 heteroatoms. The third kappa shape index (κ3) is 2.05. The summed E-state index contributed by atoms with van der Waals surface area (Å²) in [5, 5.41) is 3.41. The molecule has 0 radical (unpaired) electrons. The van der Waals surface area contributed by atoms with Crippen LogP contribution in [0.2, 0.25) is 0 Å². The maximum atomic E-state index is 5.40. The lowest BCUT2D eigenvalue weighted by atomic mass is 10.1. The number of morpholine rings is 1. The Bertz CT molecular complexity index is 278. The van der Waals surface area contributed by atoms with Crippen molar-refractivity contribution >= 4 is 0 Å². The maximum absolute atomic E-state index is 5.40. The van der Waals surface area contributed by atoms with Crippen molar-refractivity contribution in [3.8, 4) is 5.75 Å². The number of methoxy groups -OCH3 is 1. The fourth-order valence-electron chi connectivity index (χ4n) is 1.62. The number of hydrogen-bond donors (Lipinski definition) is 1. The van der Waals surface area contributed by atoms with Crippen molar-refractivity contribution in [3.63, 3.8) is 0 Å². The summed E-state index contributed by atoms with van der Waals surface area (Å²) in [6, 6.07) is 8.43. The minimum absolute atomic E-state index is 0.328. The Morgan fingerprint density at radius 2 is 2.14 bits per heavy atom. The summed E-state index contributed by atoms with van der Waals surface area (Å²) in [6.07, 6.45) is 0. The van der Waals surface area contributed by atoms with Crippen LogP contribution in [0.3, 0.4) is 0 Å². The second-order valence-corrected chi connectivity index (χ2v) is 3.35. The fourth-order valence-corrected chi connectivity index (χ4v) is 1.62. The van der Waals surface area contributed by atoms with Gasteiger partial charge in [-0.05, 0) is 17.7 Å². The van der Waals surface area contributed by atoms with Crippen LogP contribution in [0.25, 0.3) is 0 Å². The van der Waals surface area contributed by atoms with Crippen LogP contribution in [0.1, 0.15) is 11.6 Å². The van der Waals surface area contributed by atoms with Crippen LogP contribution in [0.5, 0.6) is 5.75 Å². The summed E-state index contributed by atoms with van der Waals surface area (Å²) < 4.78 is 10.5. The zero-order valence-corrected chi connectivity index (χ0v) is 8.32. The minimum atomic E-state index is 0.328. The lowest BCUT2D eigenvalue weighted by Gasteiger charge is -2.24. The Morgan fingerprint density at radius 3 is 2.71 bits per heavy atom. The molecule has 0 aliphatic carbocycles. The number of benzene rings is 1. The number of hydrogen-bond acceptors (Lipinski definition) is 3. The van der Waals surface area contributed by atoms with Crippen LogP contribution in [-0.4, -0.2) is 26.9 Å². The zero-order chi connectivity index (χ0) is 9.80. The van der Waals surface area contributed by atoms with E-state index in [1.807, 2.05) is 12.1 Å². The van der Waals surface area contributed by atoms with Gasteiger partial charge >= 0.3 is 0 Å². The summed E-state index contributed by atoms with van der Waals surface area (Å²) >= 11 is 0. The second-order valence-electron chi connectivity index (χ2n) is 3.35. The van der Waals surface area contributed by atoms with Gasteiger partial charge in [-0.25, -0.2) is 0 Å². The quantitative estimate of drug-likeness (QED) is 0.769. The normalized spacial score (nSPS) is 21.9. The highest BCUT2D eigenvalue weighted by Gasteiger charge is 2.14. The van der Waals surface area contributed by atoms with Crippen LogP contribution in [0, 0.1) is 0 Å². The van der Waals surface area contributed by atoms with Gasteiger partial charge in [0.2, 0.25) is 0 Å². The van der Waals surface area contributed by atoms with E-state index in [4.69, 9.17) is 9.47 Å². The largest absolute Gasteiger partial charge is 0.497 e. The van der Waals surface area contributed by atoms with Crippen LogP contribution in [0.4, 0.5) is 0 Å². The fraction of sp³-hybridized carbons (Fsp3) is 0.455. The molecule has 1 saturated heterocycles. The van der Waals surface area contributed by atoms with Gasteiger partial charge in [-0.2, -0.15) is 0 Å². The number of rotatable bonds is 2. The van der Waals surface area contributed by atoms with E-state index in [1.54, 1.807) is 7.11 Å². The Kier molecular flexibility index (Phi) is 3.01. The lowest BCUT2D eigenvalue weighted by Crippen LogP contribution is -2.34. The van der Waals surface area contributed by atoms with Gasteiger partial charge < -0.3 is 14.8 Å². The van der Waals surface area contributed by atoms with Gasteiger partial charge in [0.05, 0.1) is 26.4 Å². The Labute approximate surface area is 84.0 Å². The predicted molar refractivity (Wildman–Crippen MR) is 54.6 cm³/mol. The van der Waals surface area contributed by atoms with E-state index in [-0.39, 0.29) is 0 Å². The summed E-state index contributed by atoms with van der Waals surface area (Å²) in [4.78, 5) is 0. The van der Waals surface area contributed by atoms with Gasteiger partial charge in [0.15, 0.2) is 0 Å². The molecule has 76 valence electrons. The van der Waals surface area contributed by atoms with Crippen LogP contribution in [0.15, 0.2) is 24.3 Å². The molecule has 0 amide bonds. The monoisotopic (exact) mass is 193 g/mol. The summed E-state index contributed by atoms with van der Waals surface area (Å²) in [5.74, 6) is 0.894. The lowest BCUT2D eigenvalue weighted by molar-refractivity contribution is 0.0768. The smallest absolute Gasteiger partial charge is 0.118 e. The first-order valence-corrected chi connectivity index (χ1v) is 4.85. The molecule has 1 aromatic rings. The predicted octanol–water partition coefficient (Wildman–Crippen LogP) is 1.36. The van der Waals surface area contributed by atoms with Gasteiger partial charge in [0.25, 0.3) is 0 Å². The van der Waals surface area contributed by atoms with Gasteiger partial charge in [0.1, 0.15) is 5.75 Å². The average Bonchev–Trinajstić information content (AvgIpc) is 2.30. The third-order valence-electron chi connectivity index (χ3n) is 2.44. The minimum Gasteiger partial charge on any atom is -0.497 e. The van der Waals surface area contributed by atoms with Gasteiger partial charge in [-0.3, -0.25) is 0 Å². The van der Waals surface area contributed by atoms with Crippen molar-refractivity contribution in [2.45, 2.75) is 6.04 Å². The molecule has 1 fully saturated rings. The third-order valence-corrected chi connectivity index (χ3v) is 2.44. The number of nitrogens with one attached hydrogen (secondary N) is 1. The molecule has 3 nitrogen and oxygen atoms in total. The molecule has 2 rings (SSSR count). The summed E-state index contributed by atoms with van der Waals surface area (Å²) in [5.41, 5.74) is 1.26. The first kappa shape index (κ1) is 9.49. The van der Waals surface area contributed by atoms with E-state index in [0.29, 0.717) is 6.04 Å². The van der Waals surface area contributed by atoms with Gasteiger partial charge in [-0.15, -0.1) is 0 Å². The molecule has 0 bridgehead atoms. The highest BCUT2D eigenvalue weighted by molar-refractivity contribution is 5.29. The number of ether oxygens (including phenoxy) is 2. The van der Waals surface area contributed by atoms with Crippen molar-refractivity contribution < 1.29 is 9.47 Å². The summed E-state index contributed by atoms with van der Waals surface area (Å²) in [7, 11) is 1.68. The SMILES string of the molecule is COc1ccc(C2COCCN2)cc1. The van der Waals surface area contributed by atoms with Crippen molar-refractivity contribution in [1.82, 2.24) is 5.32 Å². The molecular formula is C11H15NO2. The highest BCUT2D eigenvalue weighted by Crippen LogP contribution is 2.19. The molecule has 1 unspecified atom stereocenters. The van der Waals surface area contributed by atoms with Crippen molar-refractivity contribution in [1.29, 1.82) is 0 Å². The van der Waals surface area contributed by atoms with Crippen LogP contribution < -0.4 is 10.1 Å². The van der Waals surface area contributed by atoms with E-state index in [2.05, 4.69) is 17.4 Å². The van der Waals surface area contributed by atoms with Gasteiger partial charge in [0, 0.05) is 6.54 Å². The first-order chi connectivity index (χ1) is 6.90. The summed E-state index contributed by atoms with van der Waals surface area (Å²) in [6.45, 7) is 2.50. The molecule has 1 aliphatic rings. The second kappa shape index (κ2) is 4.44. The Balaban J connectivity index is 2.07. The Hall–Kier alpha value is -1.06. The average molecular weight is 193 g/mol. The van der Waals surface area contributed by atoms with Gasteiger partial charge in [-0.1, -0.05) is 12.1 Å². The van der Waals surface area contributed by atoms with Crippen LogP contribution >= 0.6 is 0 Å². The van der Waals surface area contributed by atoms with E-state index in [0.717, 1.165) is 25.5 Å². The topological polar surface area (TPSA) is 30.5 Å². The molecule has 1 N–H and O–H groups in total. The highest BCUT2D eigenvalue weighted by atomic mass is 16.5. The molecule has 0 saturated carbocycles. The molecule has 1 aliphatic heterocycles. The standard InChI is InChI=1S/C11H15NO2/c1-13-10-4-2-9(3-5-10)11-8-14-7-6-12-11/h2-5,11-12H,6-8H2,1H3. The molecule has 1 atom stereocenters. The molecule has 1 aromatic carbocycles. The van der Waals surface area contributed by atoms with Crippen molar-refractivity contribution in [2.75, 3.05) is 26.9 Å². The van der Waals surface area contributed by atoms with E-state index >= 15 is 0 Å². The van der Waals surface area contributed by atoms with E-state index in [9.17, 15) is 0 Å². The van der Waals surface area contributed by atoms with E-state index in [1.165, 1.54) is 5.56 Å². The molecule has 1 heterocycles. The molecule has 14 heavy (non-hydrogen) atoms. The van der Waals surface area contributed by atoms with Crippen molar-refractivity contribution in [3.05, 3.63) is 29.8 Å². The zero-order valence-electron chi connectivity index (χ0n) is 8.32. The first-order valence-electron chi connectivity index (χ1n) is 4.85. The van der Waals surface area contributed by atoms with Crippen LogP contribution in [-0.2, 0) is 4.74 Å². The maximum Gasteiger partial charge on any atom is 0.118 e. The Morgan fingerprint density at radius 1 is 1.36 bits per heavy atom. The molecule has 0 aromatic heterocycles. The molecule has 0 spiro atoms.